The number of hydrogen-bond acceptors (Lipinski definition) is 4. The van der Waals surface area contributed by atoms with Gasteiger partial charge < -0.3 is 13.9 Å². The van der Waals surface area contributed by atoms with Crippen molar-refractivity contribution in [3.05, 3.63) is 42.6 Å². The van der Waals surface area contributed by atoms with Gasteiger partial charge in [-0.1, -0.05) is 0 Å². The van der Waals surface area contributed by atoms with Gasteiger partial charge in [0.1, 0.15) is 11.5 Å². The van der Waals surface area contributed by atoms with Gasteiger partial charge in [-0.05, 0) is 12.1 Å². The molecule has 1 aromatic heterocycles. The minimum Gasteiger partial charge on any atom is -0.497 e. The van der Waals surface area contributed by atoms with E-state index in [2.05, 4.69) is 0 Å². The molecule has 18 heavy (non-hydrogen) atoms. The maximum absolute atomic E-state index is 12.1. The van der Waals surface area contributed by atoms with Gasteiger partial charge in [-0.2, -0.15) is 4.57 Å². The van der Waals surface area contributed by atoms with Crippen LogP contribution >= 0.6 is 0 Å². The van der Waals surface area contributed by atoms with Crippen LogP contribution in [-0.2, 0) is 6.54 Å². The van der Waals surface area contributed by atoms with E-state index in [0.717, 1.165) is 0 Å². The minimum absolute atomic E-state index is 0.0430. The standard InChI is InChI=1S/C13H14NO4/c1-16-11-5-10(6-12(7-11)17-2)13(15)8-14-3-4-18-9-14/h3-7,9H,8H2,1-2H3/q+1. The molecule has 0 amide bonds. The smallest absolute Gasteiger partial charge is 0.334 e. The summed E-state index contributed by atoms with van der Waals surface area (Å²) in [7, 11) is 3.10. The van der Waals surface area contributed by atoms with E-state index in [-0.39, 0.29) is 12.3 Å². The normalized spacial score (nSPS) is 10.1. The number of benzene rings is 1. The molecular weight excluding hydrogens is 234 g/mol. The number of ether oxygens (including phenoxy) is 2. The summed E-state index contributed by atoms with van der Waals surface area (Å²) >= 11 is 0. The van der Waals surface area contributed by atoms with E-state index in [1.54, 1.807) is 43.2 Å². The lowest BCUT2D eigenvalue weighted by atomic mass is 10.1. The molecule has 0 atom stereocenters. The van der Waals surface area contributed by atoms with Crippen LogP contribution in [0.1, 0.15) is 10.4 Å². The number of oxazole rings is 1. The van der Waals surface area contributed by atoms with Crippen molar-refractivity contribution in [2.45, 2.75) is 6.54 Å². The molecule has 94 valence electrons. The summed E-state index contributed by atoms with van der Waals surface area (Å²) in [6, 6.07) is 5.10. The summed E-state index contributed by atoms with van der Waals surface area (Å²) in [5.74, 6) is 1.14. The number of carbonyl (C=O) groups excluding carboxylic acids is 1. The van der Waals surface area contributed by atoms with Crippen LogP contribution in [0.4, 0.5) is 0 Å². The van der Waals surface area contributed by atoms with E-state index in [1.165, 1.54) is 12.7 Å². The maximum Gasteiger partial charge on any atom is 0.334 e. The number of Topliss-reactive ketones (excluding diaryl/α,β-unsaturated/α-hetero) is 1. The lowest BCUT2D eigenvalue weighted by Gasteiger charge is -2.06. The second-order valence-electron chi connectivity index (χ2n) is 3.72. The number of methoxy groups -OCH3 is 2. The molecule has 0 aliphatic carbocycles. The van der Waals surface area contributed by atoms with Crippen LogP contribution < -0.4 is 14.0 Å². The van der Waals surface area contributed by atoms with Crippen molar-refractivity contribution >= 4 is 5.78 Å². The monoisotopic (exact) mass is 248 g/mol. The van der Waals surface area contributed by atoms with Gasteiger partial charge in [0.2, 0.25) is 18.5 Å². The zero-order chi connectivity index (χ0) is 13.0. The number of hydrogen-bond donors (Lipinski definition) is 0. The second kappa shape index (κ2) is 5.35. The van der Waals surface area contributed by atoms with Gasteiger partial charge in [-0.3, -0.25) is 4.79 Å². The average molecular weight is 248 g/mol. The predicted molar refractivity (Wildman–Crippen MR) is 62.8 cm³/mol. The maximum atomic E-state index is 12.1. The molecule has 1 heterocycles. The molecule has 0 saturated heterocycles. The van der Waals surface area contributed by atoms with Crippen LogP contribution in [0.3, 0.4) is 0 Å². The first-order valence-corrected chi connectivity index (χ1v) is 5.40. The Kier molecular flexibility index (Phi) is 3.62. The van der Waals surface area contributed by atoms with Gasteiger partial charge in [0, 0.05) is 11.6 Å². The molecule has 1 aromatic carbocycles. The van der Waals surface area contributed by atoms with Crippen LogP contribution in [0.5, 0.6) is 11.5 Å². The molecule has 5 nitrogen and oxygen atoms in total. The van der Waals surface area contributed by atoms with Gasteiger partial charge in [-0.15, -0.1) is 0 Å². The minimum atomic E-state index is -0.0430. The van der Waals surface area contributed by atoms with Crippen molar-refractivity contribution in [2.75, 3.05) is 14.2 Å². The summed E-state index contributed by atoms with van der Waals surface area (Å²) in [4.78, 5) is 12.1. The fourth-order valence-corrected chi connectivity index (χ4v) is 1.58. The quantitative estimate of drug-likeness (QED) is 0.594. The number of carbonyl (C=O) groups is 1. The third kappa shape index (κ3) is 2.68. The number of ketones is 1. The Morgan fingerprint density at radius 1 is 1.22 bits per heavy atom. The van der Waals surface area contributed by atoms with Crippen LogP contribution in [0.2, 0.25) is 0 Å². The van der Waals surface area contributed by atoms with Crippen LogP contribution in [0.25, 0.3) is 0 Å². The molecule has 0 spiro atoms. The van der Waals surface area contributed by atoms with E-state index in [1.807, 2.05) is 0 Å². The van der Waals surface area contributed by atoms with Crippen LogP contribution in [0, 0.1) is 0 Å². The Balaban J connectivity index is 2.23. The van der Waals surface area contributed by atoms with E-state index >= 15 is 0 Å². The zero-order valence-corrected chi connectivity index (χ0v) is 10.3. The molecular formula is C13H14NO4+. The molecule has 0 fully saturated rings. The largest absolute Gasteiger partial charge is 0.497 e. The van der Waals surface area contributed by atoms with Gasteiger partial charge in [0.25, 0.3) is 0 Å². The molecule has 0 unspecified atom stereocenters. The Morgan fingerprint density at radius 2 is 1.89 bits per heavy atom. The molecule has 2 aromatic rings. The lowest BCUT2D eigenvalue weighted by Crippen LogP contribution is -2.35. The van der Waals surface area contributed by atoms with Gasteiger partial charge in [0.05, 0.1) is 14.2 Å². The van der Waals surface area contributed by atoms with Crippen LogP contribution in [-0.4, -0.2) is 20.0 Å². The predicted octanol–water partition coefficient (Wildman–Crippen LogP) is 1.47. The van der Waals surface area contributed by atoms with Crippen molar-refractivity contribution in [3.8, 4) is 11.5 Å². The Bertz CT molecular complexity index is 512. The Labute approximate surface area is 105 Å². The summed E-state index contributed by atoms with van der Waals surface area (Å²) in [5, 5.41) is 0. The summed E-state index contributed by atoms with van der Waals surface area (Å²) in [5.41, 5.74) is 0.542. The molecule has 2 rings (SSSR count). The fraction of sp³-hybridized carbons (Fsp3) is 0.231. The molecule has 0 N–H and O–H groups in total. The van der Waals surface area contributed by atoms with Crippen molar-refractivity contribution < 1.29 is 23.3 Å². The first-order valence-electron chi connectivity index (χ1n) is 5.40. The highest BCUT2D eigenvalue weighted by Gasteiger charge is 2.15. The first-order chi connectivity index (χ1) is 8.72. The fourth-order valence-electron chi connectivity index (χ4n) is 1.58. The molecule has 0 aliphatic rings. The number of aromatic nitrogens is 1. The second-order valence-corrected chi connectivity index (χ2v) is 3.72. The Morgan fingerprint density at radius 3 is 2.39 bits per heavy atom. The highest BCUT2D eigenvalue weighted by molar-refractivity contribution is 5.95. The van der Waals surface area contributed by atoms with E-state index < -0.39 is 0 Å². The topological polar surface area (TPSA) is 52.6 Å². The first kappa shape index (κ1) is 12.2. The molecule has 0 radical (unpaired) electrons. The third-order valence-electron chi connectivity index (χ3n) is 2.53. The van der Waals surface area contributed by atoms with Crippen molar-refractivity contribution in [1.82, 2.24) is 0 Å². The Hall–Kier alpha value is -2.30. The van der Waals surface area contributed by atoms with Crippen LogP contribution in [0.15, 0.2) is 41.5 Å². The van der Waals surface area contributed by atoms with Gasteiger partial charge >= 0.3 is 6.39 Å². The highest BCUT2D eigenvalue weighted by atomic mass is 16.5. The van der Waals surface area contributed by atoms with E-state index in [0.29, 0.717) is 17.1 Å². The SMILES string of the molecule is COc1cc(OC)cc(C(=O)C[n+]2ccoc2)c1. The lowest BCUT2D eigenvalue weighted by molar-refractivity contribution is -0.686. The van der Waals surface area contributed by atoms with Gasteiger partial charge in [-0.25, -0.2) is 0 Å². The number of nitrogens with zero attached hydrogens (tertiary/aromatic N) is 1. The van der Waals surface area contributed by atoms with Crippen molar-refractivity contribution in [2.24, 2.45) is 0 Å². The van der Waals surface area contributed by atoms with Crippen molar-refractivity contribution in [3.63, 3.8) is 0 Å². The third-order valence-corrected chi connectivity index (χ3v) is 2.53. The molecule has 0 bridgehead atoms. The molecule has 0 saturated carbocycles. The summed E-state index contributed by atoms with van der Waals surface area (Å²) in [6.07, 6.45) is 4.68. The highest BCUT2D eigenvalue weighted by Crippen LogP contribution is 2.22. The summed E-state index contributed by atoms with van der Waals surface area (Å²) < 4.78 is 16.8. The number of rotatable bonds is 5. The van der Waals surface area contributed by atoms with E-state index in [9.17, 15) is 4.79 Å². The van der Waals surface area contributed by atoms with Gasteiger partial charge in [0.15, 0.2) is 6.26 Å². The zero-order valence-electron chi connectivity index (χ0n) is 10.3. The van der Waals surface area contributed by atoms with Crippen molar-refractivity contribution in [1.29, 1.82) is 0 Å². The summed E-state index contributed by atoms with van der Waals surface area (Å²) in [6.45, 7) is 0.215. The molecule has 5 heteroatoms. The molecule has 0 aliphatic heterocycles. The van der Waals surface area contributed by atoms with E-state index in [4.69, 9.17) is 13.9 Å². The average Bonchev–Trinajstić information content (AvgIpc) is 2.90.